The van der Waals surface area contributed by atoms with Crippen LogP contribution in [0.25, 0.3) is 22.9 Å². The molecule has 1 atom stereocenters. The number of rotatable bonds is 7. The third-order valence-electron chi connectivity index (χ3n) is 5.63. The van der Waals surface area contributed by atoms with Gasteiger partial charge in [0, 0.05) is 25.2 Å². The van der Waals surface area contributed by atoms with E-state index in [0.717, 1.165) is 54.5 Å². The van der Waals surface area contributed by atoms with Crippen molar-refractivity contribution < 1.29 is 9.52 Å². The molecule has 1 aromatic carbocycles. The average molecular weight is 392 g/mol. The number of benzene rings is 1. The first-order valence-electron chi connectivity index (χ1n) is 10.4. The largest absolute Gasteiger partial charge is 0.465 e. The number of likely N-dealkylation sites (tertiary alicyclic amines) is 1. The molecule has 5 nitrogen and oxygen atoms in total. The van der Waals surface area contributed by atoms with Crippen molar-refractivity contribution in [1.82, 2.24) is 14.5 Å². The van der Waals surface area contributed by atoms with Crippen LogP contribution in [-0.2, 0) is 6.54 Å². The number of hydrogen-bond donors (Lipinski definition) is 1. The minimum atomic E-state index is 0.228. The van der Waals surface area contributed by atoms with Gasteiger partial charge in [-0.2, -0.15) is 0 Å². The maximum Gasteiger partial charge on any atom is 0.126 e. The van der Waals surface area contributed by atoms with Crippen molar-refractivity contribution in [3.63, 3.8) is 0 Å². The molecule has 0 bridgehead atoms. The van der Waals surface area contributed by atoms with E-state index in [0.29, 0.717) is 5.92 Å². The highest BCUT2D eigenvalue weighted by Gasteiger charge is 2.22. The normalized spacial score (nSPS) is 18.3. The number of β-amino-alcohol motifs (C(OH)–C–C–N with tert-alkyl or cyclic N) is 1. The molecule has 29 heavy (non-hydrogen) atoms. The molecule has 1 fully saturated rings. The quantitative estimate of drug-likeness (QED) is 0.648. The molecule has 1 unspecified atom stereocenters. The first-order chi connectivity index (χ1) is 14.2. The molecule has 2 aromatic heterocycles. The second-order valence-corrected chi connectivity index (χ2v) is 7.84. The summed E-state index contributed by atoms with van der Waals surface area (Å²) in [5.74, 6) is 1.41. The first kappa shape index (κ1) is 19.7. The number of aliphatic hydroxyl groups is 1. The van der Waals surface area contributed by atoms with E-state index in [-0.39, 0.29) is 6.61 Å². The lowest BCUT2D eigenvalue weighted by atomic mass is 9.97. The van der Waals surface area contributed by atoms with Gasteiger partial charge in [0.1, 0.15) is 5.76 Å². The summed E-state index contributed by atoms with van der Waals surface area (Å²) in [7, 11) is 0. The van der Waals surface area contributed by atoms with Crippen molar-refractivity contribution >= 4 is 11.6 Å². The van der Waals surface area contributed by atoms with Gasteiger partial charge in [-0.1, -0.05) is 30.3 Å². The number of imidazole rings is 1. The van der Waals surface area contributed by atoms with Crippen LogP contribution in [0.5, 0.6) is 0 Å². The fraction of sp³-hybridized carbons (Fsp3) is 0.375. The van der Waals surface area contributed by atoms with Crippen molar-refractivity contribution in [1.29, 1.82) is 0 Å². The third kappa shape index (κ3) is 4.69. The lowest BCUT2D eigenvalue weighted by Gasteiger charge is -2.32. The predicted octanol–water partition coefficient (Wildman–Crippen LogP) is 4.41. The number of furan rings is 1. The molecule has 1 N–H and O–H groups in total. The number of allylic oxidation sites excluding steroid dienone is 1. The molecular weight excluding hydrogens is 362 g/mol. The Balaban J connectivity index is 1.66. The SMILES string of the molecule is C/C(=C\c1ccco1)c1c(-c2ccccc2)ncn1CC1CCCN(CCO)C1. The Labute approximate surface area is 172 Å². The van der Waals surface area contributed by atoms with Gasteiger partial charge in [0.05, 0.1) is 30.6 Å². The van der Waals surface area contributed by atoms with Crippen LogP contribution in [0, 0.1) is 5.92 Å². The molecule has 0 amide bonds. The molecule has 0 aliphatic carbocycles. The molecule has 152 valence electrons. The lowest BCUT2D eigenvalue weighted by Crippen LogP contribution is -2.38. The van der Waals surface area contributed by atoms with Crippen LogP contribution in [0.15, 0.2) is 59.5 Å². The number of aliphatic hydroxyl groups excluding tert-OH is 1. The van der Waals surface area contributed by atoms with Crippen LogP contribution in [-0.4, -0.2) is 45.8 Å². The van der Waals surface area contributed by atoms with E-state index in [9.17, 15) is 5.11 Å². The van der Waals surface area contributed by atoms with Crippen molar-refractivity contribution in [3.8, 4) is 11.3 Å². The van der Waals surface area contributed by atoms with Crippen LogP contribution >= 0.6 is 0 Å². The molecule has 3 heterocycles. The van der Waals surface area contributed by atoms with E-state index in [2.05, 4.69) is 46.7 Å². The highest BCUT2D eigenvalue weighted by Crippen LogP contribution is 2.30. The molecule has 5 heteroatoms. The zero-order chi connectivity index (χ0) is 20.1. The standard InChI is InChI=1S/C24H29N3O2/c1-19(15-22-10-6-14-29-22)24-23(21-8-3-2-4-9-21)25-18-27(24)17-20-7-5-11-26(16-20)12-13-28/h2-4,6,8-10,14-15,18,20,28H,5,7,11-13,16-17H2,1H3/b19-15+. The summed E-state index contributed by atoms with van der Waals surface area (Å²) in [6.45, 7) is 6.16. The molecular formula is C24H29N3O2. The molecule has 0 radical (unpaired) electrons. The summed E-state index contributed by atoms with van der Waals surface area (Å²) in [6, 6.07) is 14.2. The molecule has 4 rings (SSSR count). The minimum absolute atomic E-state index is 0.228. The summed E-state index contributed by atoms with van der Waals surface area (Å²) in [6.07, 6.45) is 8.15. The third-order valence-corrected chi connectivity index (χ3v) is 5.63. The maximum absolute atomic E-state index is 9.29. The van der Waals surface area contributed by atoms with Crippen LogP contribution < -0.4 is 0 Å². The minimum Gasteiger partial charge on any atom is -0.465 e. The van der Waals surface area contributed by atoms with E-state index < -0.39 is 0 Å². The smallest absolute Gasteiger partial charge is 0.126 e. The van der Waals surface area contributed by atoms with Gasteiger partial charge in [-0.05, 0) is 56.0 Å². The van der Waals surface area contributed by atoms with Gasteiger partial charge in [0.25, 0.3) is 0 Å². The maximum atomic E-state index is 9.29. The zero-order valence-electron chi connectivity index (χ0n) is 17.0. The van der Waals surface area contributed by atoms with Crippen molar-refractivity contribution in [2.24, 2.45) is 5.92 Å². The molecule has 3 aromatic rings. The lowest BCUT2D eigenvalue weighted by molar-refractivity contribution is 0.132. The second kappa shape index (κ2) is 9.25. The van der Waals surface area contributed by atoms with Gasteiger partial charge in [0.2, 0.25) is 0 Å². The predicted molar refractivity (Wildman–Crippen MR) is 116 cm³/mol. The van der Waals surface area contributed by atoms with Crippen LogP contribution in [0.2, 0.25) is 0 Å². The summed E-state index contributed by atoms with van der Waals surface area (Å²) < 4.78 is 7.84. The number of hydrogen-bond acceptors (Lipinski definition) is 4. The summed E-state index contributed by atoms with van der Waals surface area (Å²) in [5.41, 5.74) is 4.42. The average Bonchev–Trinajstić information content (AvgIpc) is 3.39. The van der Waals surface area contributed by atoms with E-state index in [1.165, 1.54) is 12.8 Å². The fourth-order valence-corrected chi connectivity index (χ4v) is 4.32. The van der Waals surface area contributed by atoms with E-state index in [1.807, 2.05) is 24.5 Å². The topological polar surface area (TPSA) is 54.4 Å². The Morgan fingerprint density at radius 1 is 1.24 bits per heavy atom. The highest BCUT2D eigenvalue weighted by atomic mass is 16.3. The van der Waals surface area contributed by atoms with Crippen LogP contribution in [0.3, 0.4) is 0 Å². The Kier molecular flexibility index (Phi) is 6.27. The van der Waals surface area contributed by atoms with Crippen molar-refractivity contribution in [3.05, 3.63) is 66.5 Å². The van der Waals surface area contributed by atoms with Crippen molar-refractivity contribution in [2.75, 3.05) is 26.2 Å². The molecule has 1 aliphatic rings. The Morgan fingerprint density at radius 2 is 2.10 bits per heavy atom. The second-order valence-electron chi connectivity index (χ2n) is 7.84. The van der Waals surface area contributed by atoms with Crippen molar-refractivity contribution in [2.45, 2.75) is 26.3 Å². The summed E-state index contributed by atoms with van der Waals surface area (Å²) in [5, 5.41) is 9.29. The van der Waals surface area contributed by atoms with Crippen LogP contribution in [0.4, 0.5) is 0 Å². The number of aromatic nitrogens is 2. The summed E-state index contributed by atoms with van der Waals surface area (Å²) in [4.78, 5) is 7.16. The van der Waals surface area contributed by atoms with Crippen LogP contribution in [0.1, 0.15) is 31.2 Å². The first-order valence-corrected chi connectivity index (χ1v) is 10.4. The van der Waals surface area contributed by atoms with Gasteiger partial charge in [0.15, 0.2) is 0 Å². The van der Waals surface area contributed by atoms with Gasteiger partial charge in [-0.15, -0.1) is 0 Å². The van der Waals surface area contributed by atoms with Gasteiger partial charge in [-0.3, -0.25) is 0 Å². The van der Waals surface area contributed by atoms with E-state index in [4.69, 9.17) is 9.40 Å². The van der Waals surface area contributed by atoms with Gasteiger partial charge < -0.3 is 19.0 Å². The van der Waals surface area contributed by atoms with E-state index >= 15 is 0 Å². The zero-order valence-corrected chi connectivity index (χ0v) is 17.0. The fourth-order valence-electron chi connectivity index (χ4n) is 4.32. The highest BCUT2D eigenvalue weighted by molar-refractivity contribution is 5.84. The Hall–Kier alpha value is -2.63. The Morgan fingerprint density at radius 3 is 2.86 bits per heavy atom. The molecule has 1 saturated heterocycles. The molecule has 0 spiro atoms. The number of piperidine rings is 1. The number of nitrogens with zero attached hydrogens (tertiary/aromatic N) is 3. The Bertz CT molecular complexity index is 926. The molecule has 1 aliphatic heterocycles. The van der Waals surface area contributed by atoms with Gasteiger partial charge in [-0.25, -0.2) is 4.98 Å². The van der Waals surface area contributed by atoms with E-state index in [1.54, 1.807) is 6.26 Å². The monoisotopic (exact) mass is 391 g/mol. The summed E-state index contributed by atoms with van der Waals surface area (Å²) >= 11 is 0. The van der Waals surface area contributed by atoms with Gasteiger partial charge >= 0.3 is 0 Å². The molecule has 0 saturated carbocycles.